The molecule has 0 saturated carbocycles. The number of thioether (sulfide) groups is 1. The molecule has 3 rings (SSSR count). The van der Waals surface area contributed by atoms with E-state index in [1.54, 1.807) is 11.6 Å². The zero-order valence-corrected chi connectivity index (χ0v) is 15.7. The smallest absolute Gasteiger partial charge is 0.237 e. The number of aromatic nitrogens is 4. The Bertz CT molecular complexity index is 992. The summed E-state index contributed by atoms with van der Waals surface area (Å²) in [5.74, 6) is -2.37. The maximum Gasteiger partial charge on any atom is 0.237 e. The number of carbonyl (C=O) groups is 1. The molecule has 0 aliphatic carbocycles. The Labute approximate surface area is 159 Å². The fourth-order valence-corrected chi connectivity index (χ4v) is 3.11. The molecule has 1 N–H and O–H groups in total. The van der Waals surface area contributed by atoms with E-state index in [1.165, 1.54) is 6.07 Å². The van der Waals surface area contributed by atoms with E-state index < -0.39 is 16.9 Å². The third-order valence-electron chi connectivity index (χ3n) is 4.01. The van der Waals surface area contributed by atoms with E-state index in [4.69, 9.17) is 0 Å². The molecule has 140 valence electrons. The van der Waals surface area contributed by atoms with Crippen LogP contribution in [-0.2, 0) is 4.79 Å². The van der Waals surface area contributed by atoms with Gasteiger partial charge in [-0.1, -0.05) is 17.8 Å². The second-order valence-electron chi connectivity index (χ2n) is 6.02. The molecule has 1 unspecified atom stereocenters. The Morgan fingerprint density at radius 3 is 2.59 bits per heavy atom. The van der Waals surface area contributed by atoms with Crippen molar-refractivity contribution in [1.29, 1.82) is 0 Å². The molecule has 1 heterocycles. The summed E-state index contributed by atoms with van der Waals surface area (Å²) >= 11 is 1.16. The van der Waals surface area contributed by atoms with Crippen molar-refractivity contribution < 1.29 is 13.6 Å². The molecule has 0 aliphatic heterocycles. The van der Waals surface area contributed by atoms with Gasteiger partial charge in [-0.05, 0) is 66.6 Å². The van der Waals surface area contributed by atoms with Gasteiger partial charge >= 0.3 is 0 Å². The standard InChI is InChI=1S/C18H17F2N5OS/c1-10-4-6-14(8-11(10)2)25-18(22-23-24-25)27-12(3)17(26)21-13-5-7-15(19)16(20)9-13/h4-9,12H,1-3H3,(H,21,26). The summed E-state index contributed by atoms with van der Waals surface area (Å²) < 4.78 is 27.8. The van der Waals surface area contributed by atoms with Crippen LogP contribution >= 0.6 is 11.8 Å². The summed E-state index contributed by atoms with van der Waals surface area (Å²) in [6.45, 7) is 5.69. The molecule has 3 aromatic rings. The zero-order valence-electron chi connectivity index (χ0n) is 14.9. The average molecular weight is 389 g/mol. The van der Waals surface area contributed by atoms with Gasteiger partial charge in [0, 0.05) is 11.8 Å². The predicted octanol–water partition coefficient (Wildman–Crippen LogP) is 3.68. The van der Waals surface area contributed by atoms with Crippen LogP contribution < -0.4 is 5.32 Å². The van der Waals surface area contributed by atoms with Crippen LogP contribution in [0.4, 0.5) is 14.5 Å². The Balaban J connectivity index is 1.73. The Morgan fingerprint density at radius 2 is 1.89 bits per heavy atom. The first-order valence-corrected chi connectivity index (χ1v) is 9.01. The first kappa shape index (κ1) is 19.0. The van der Waals surface area contributed by atoms with Crippen LogP contribution in [0.1, 0.15) is 18.1 Å². The SMILES string of the molecule is Cc1ccc(-n2nnnc2SC(C)C(=O)Nc2ccc(F)c(F)c2)cc1C. The van der Waals surface area contributed by atoms with Crippen LogP contribution in [0, 0.1) is 25.5 Å². The molecule has 0 fully saturated rings. The molecule has 0 saturated heterocycles. The Kier molecular flexibility index (Phi) is 5.50. The highest BCUT2D eigenvalue weighted by Gasteiger charge is 2.20. The van der Waals surface area contributed by atoms with E-state index in [-0.39, 0.29) is 11.6 Å². The van der Waals surface area contributed by atoms with Crippen molar-refractivity contribution in [2.45, 2.75) is 31.2 Å². The highest BCUT2D eigenvalue weighted by atomic mass is 32.2. The molecule has 9 heteroatoms. The maximum absolute atomic E-state index is 13.3. The minimum Gasteiger partial charge on any atom is -0.325 e. The lowest BCUT2D eigenvalue weighted by Crippen LogP contribution is -2.23. The van der Waals surface area contributed by atoms with E-state index in [9.17, 15) is 13.6 Å². The van der Waals surface area contributed by atoms with Gasteiger partial charge in [-0.25, -0.2) is 8.78 Å². The largest absolute Gasteiger partial charge is 0.325 e. The summed E-state index contributed by atoms with van der Waals surface area (Å²) in [5, 5.41) is 14.1. The van der Waals surface area contributed by atoms with Crippen LogP contribution in [0.2, 0.25) is 0 Å². The summed E-state index contributed by atoms with van der Waals surface area (Å²) in [6, 6.07) is 9.02. The molecule has 1 aromatic heterocycles. The first-order chi connectivity index (χ1) is 12.8. The highest BCUT2D eigenvalue weighted by Crippen LogP contribution is 2.25. The van der Waals surface area contributed by atoms with Crippen molar-refractivity contribution in [1.82, 2.24) is 20.2 Å². The van der Waals surface area contributed by atoms with Gasteiger partial charge in [0.15, 0.2) is 11.6 Å². The van der Waals surface area contributed by atoms with E-state index in [0.717, 1.165) is 40.7 Å². The van der Waals surface area contributed by atoms with Crippen LogP contribution in [0.25, 0.3) is 5.69 Å². The van der Waals surface area contributed by atoms with Gasteiger partial charge in [-0.3, -0.25) is 4.79 Å². The number of hydrogen-bond acceptors (Lipinski definition) is 5. The third kappa shape index (κ3) is 4.30. The van der Waals surface area contributed by atoms with Crippen molar-refractivity contribution >= 4 is 23.4 Å². The molecule has 0 aliphatic rings. The second kappa shape index (κ2) is 7.83. The molecule has 6 nitrogen and oxygen atoms in total. The predicted molar refractivity (Wildman–Crippen MR) is 98.9 cm³/mol. The maximum atomic E-state index is 13.3. The van der Waals surface area contributed by atoms with E-state index >= 15 is 0 Å². The van der Waals surface area contributed by atoms with Crippen LogP contribution in [-0.4, -0.2) is 31.4 Å². The van der Waals surface area contributed by atoms with Gasteiger partial charge in [0.2, 0.25) is 11.1 Å². The van der Waals surface area contributed by atoms with Gasteiger partial charge in [-0.15, -0.1) is 5.10 Å². The summed E-state index contributed by atoms with van der Waals surface area (Å²) in [4.78, 5) is 12.4. The van der Waals surface area contributed by atoms with Crippen molar-refractivity contribution in [3.05, 3.63) is 59.2 Å². The quantitative estimate of drug-likeness (QED) is 0.674. The molecule has 1 amide bonds. The van der Waals surface area contributed by atoms with Crippen LogP contribution in [0.5, 0.6) is 0 Å². The number of benzene rings is 2. The minimum absolute atomic E-state index is 0.181. The molecule has 1 atom stereocenters. The molecule has 0 bridgehead atoms. The lowest BCUT2D eigenvalue weighted by atomic mass is 10.1. The van der Waals surface area contributed by atoms with Crippen molar-refractivity contribution in [3.63, 3.8) is 0 Å². The summed E-state index contributed by atoms with van der Waals surface area (Å²) in [6.07, 6.45) is 0. The van der Waals surface area contributed by atoms with Gasteiger partial charge < -0.3 is 5.32 Å². The number of aryl methyl sites for hydroxylation is 2. The van der Waals surface area contributed by atoms with Crippen molar-refractivity contribution in [3.8, 4) is 5.69 Å². The number of amides is 1. The highest BCUT2D eigenvalue weighted by molar-refractivity contribution is 8.00. The minimum atomic E-state index is -1.02. The molecular weight excluding hydrogens is 372 g/mol. The fourth-order valence-electron chi connectivity index (χ4n) is 2.30. The number of halogens is 2. The van der Waals surface area contributed by atoms with E-state index in [0.29, 0.717) is 5.16 Å². The summed E-state index contributed by atoms with van der Waals surface area (Å²) in [7, 11) is 0. The molecular formula is C18H17F2N5OS. The second-order valence-corrected chi connectivity index (χ2v) is 7.33. The van der Waals surface area contributed by atoms with E-state index in [2.05, 4.69) is 20.8 Å². The van der Waals surface area contributed by atoms with Gasteiger partial charge in [-0.2, -0.15) is 4.68 Å². The molecule has 27 heavy (non-hydrogen) atoms. The third-order valence-corrected chi connectivity index (χ3v) is 5.05. The number of nitrogens with zero attached hydrogens (tertiary/aromatic N) is 4. The number of tetrazole rings is 1. The summed E-state index contributed by atoms with van der Waals surface area (Å²) in [5.41, 5.74) is 3.22. The van der Waals surface area contributed by atoms with Crippen LogP contribution in [0.3, 0.4) is 0 Å². The number of hydrogen-bond donors (Lipinski definition) is 1. The molecule has 0 radical (unpaired) electrons. The zero-order chi connectivity index (χ0) is 19.6. The molecule has 2 aromatic carbocycles. The van der Waals surface area contributed by atoms with Gasteiger partial charge in [0.25, 0.3) is 0 Å². The normalized spacial score (nSPS) is 12.0. The van der Waals surface area contributed by atoms with Gasteiger partial charge in [0.1, 0.15) is 0 Å². The number of rotatable bonds is 5. The Morgan fingerprint density at radius 1 is 1.11 bits per heavy atom. The average Bonchev–Trinajstić information content (AvgIpc) is 3.08. The fraction of sp³-hybridized carbons (Fsp3) is 0.222. The first-order valence-electron chi connectivity index (χ1n) is 8.13. The van der Waals surface area contributed by atoms with E-state index in [1.807, 2.05) is 32.0 Å². The van der Waals surface area contributed by atoms with Crippen molar-refractivity contribution in [2.75, 3.05) is 5.32 Å². The number of nitrogens with one attached hydrogen (secondary N) is 1. The lowest BCUT2D eigenvalue weighted by molar-refractivity contribution is -0.115. The van der Waals surface area contributed by atoms with Crippen LogP contribution in [0.15, 0.2) is 41.6 Å². The Hall–Kier alpha value is -2.81. The van der Waals surface area contributed by atoms with Gasteiger partial charge in [0.05, 0.1) is 10.9 Å². The monoisotopic (exact) mass is 389 g/mol. The topological polar surface area (TPSA) is 72.7 Å². The molecule has 0 spiro atoms. The van der Waals surface area contributed by atoms with Crippen molar-refractivity contribution in [2.24, 2.45) is 0 Å². The number of anilines is 1. The number of carbonyl (C=O) groups excluding carboxylic acids is 1. The lowest BCUT2D eigenvalue weighted by Gasteiger charge is -2.12.